The average molecular weight is 458 g/mol. The van der Waals surface area contributed by atoms with E-state index < -0.39 is 11.6 Å². The number of anilines is 1. The van der Waals surface area contributed by atoms with Gasteiger partial charge in [0.25, 0.3) is 0 Å². The Morgan fingerprint density at radius 1 is 1.22 bits per heavy atom. The van der Waals surface area contributed by atoms with Gasteiger partial charge in [-0.3, -0.25) is 14.8 Å². The number of thiazole rings is 1. The molecule has 3 aromatic rings. The summed E-state index contributed by atoms with van der Waals surface area (Å²) in [4.78, 5) is 28.3. The summed E-state index contributed by atoms with van der Waals surface area (Å²) in [6, 6.07) is 4.55. The Hall–Kier alpha value is -3.24. The quantitative estimate of drug-likeness (QED) is 0.546. The van der Waals surface area contributed by atoms with Gasteiger partial charge in [0, 0.05) is 48.4 Å². The minimum Gasteiger partial charge on any atom is -0.487 e. The molecule has 0 bridgehead atoms. The first-order chi connectivity index (χ1) is 15.4. The van der Waals surface area contributed by atoms with Gasteiger partial charge in [0.2, 0.25) is 0 Å². The van der Waals surface area contributed by atoms with Crippen LogP contribution in [0.1, 0.15) is 16.8 Å². The number of ketones is 1. The van der Waals surface area contributed by atoms with Crippen LogP contribution in [0.25, 0.3) is 11.4 Å². The molecule has 7 nitrogen and oxygen atoms in total. The van der Waals surface area contributed by atoms with Crippen LogP contribution >= 0.6 is 11.3 Å². The number of aromatic nitrogens is 2. The van der Waals surface area contributed by atoms with E-state index in [0.717, 1.165) is 36.4 Å². The second-order valence-corrected chi connectivity index (χ2v) is 8.35. The number of rotatable bonds is 8. The fraction of sp³-hybridized carbons (Fsp3) is 0.273. The monoisotopic (exact) mass is 457 g/mol. The zero-order valence-electron chi connectivity index (χ0n) is 17.6. The molecule has 1 aliphatic rings. The number of hydrogen-bond donors (Lipinski definition) is 1. The van der Waals surface area contributed by atoms with E-state index in [1.807, 2.05) is 19.5 Å². The van der Waals surface area contributed by atoms with E-state index in [1.54, 1.807) is 12.3 Å². The number of halogens is 2. The molecule has 1 aliphatic heterocycles. The Labute approximate surface area is 187 Å². The summed E-state index contributed by atoms with van der Waals surface area (Å²) in [7, 11) is 3.99. The molecule has 1 N–H and O–H groups in total. The molecule has 0 aliphatic carbocycles. The number of Topliss-reactive ketones (excluding diaryl/α,β-unsaturated/α-hetero) is 1. The molecule has 166 valence electrons. The number of ether oxygens (including phenoxy) is 1. The number of carbonyl (C=O) groups is 1. The number of carbonyl (C=O) groups excluding carboxylic acids is 1. The molecule has 0 spiro atoms. The molecule has 0 saturated heterocycles. The molecule has 2 aromatic heterocycles. The van der Waals surface area contributed by atoms with Crippen LogP contribution in [0.15, 0.2) is 40.8 Å². The topological polar surface area (TPSA) is 79.7 Å². The number of benzene rings is 1. The van der Waals surface area contributed by atoms with Gasteiger partial charge in [0.05, 0.1) is 12.1 Å². The summed E-state index contributed by atoms with van der Waals surface area (Å²) in [6.07, 6.45) is 1.62. The number of nitrogens with zero attached hydrogens (tertiary/aromatic N) is 4. The van der Waals surface area contributed by atoms with Crippen molar-refractivity contribution >= 4 is 33.7 Å². The molecule has 0 radical (unpaired) electrons. The van der Waals surface area contributed by atoms with Gasteiger partial charge in [-0.1, -0.05) is 0 Å². The summed E-state index contributed by atoms with van der Waals surface area (Å²) in [6.45, 7) is 1.54. The van der Waals surface area contributed by atoms with Gasteiger partial charge < -0.3 is 15.0 Å². The maximum Gasteiger partial charge on any atom is 0.183 e. The summed E-state index contributed by atoms with van der Waals surface area (Å²) < 4.78 is 32.2. The first-order valence-corrected chi connectivity index (χ1v) is 10.8. The number of hydrogen-bond acceptors (Lipinski definition) is 8. The number of fused-ring (bicyclic) bond motifs is 1. The van der Waals surface area contributed by atoms with Crippen LogP contribution in [0.5, 0.6) is 5.75 Å². The molecule has 32 heavy (non-hydrogen) atoms. The molecule has 0 amide bonds. The first kappa shape index (κ1) is 22.0. The largest absolute Gasteiger partial charge is 0.487 e. The summed E-state index contributed by atoms with van der Waals surface area (Å²) in [5.41, 5.74) is 2.46. The Kier molecular flexibility index (Phi) is 6.52. The predicted octanol–water partition coefficient (Wildman–Crippen LogP) is 4.19. The van der Waals surface area contributed by atoms with Crippen molar-refractivity contribution < 1.29 is 18.3 Å². The molecule has 0 fully saturated rings. The van der Waals surface area contributed by atoms with Crippen molar-refractivity contribution in [2.24, 2.45) is 4.99 Å². The molecular formula is C22H21F2N5O2S. The molecule has 4 rings (SSSR count). The summed E-state index contributed by atoms with van der Waals surface area (Å²) >= 11 is 1.45. The van der Waals surface area contributed by atoms with Crippen molar-refractivity contribution in [3.63, 3.8) is 0 Å². The number of pyridine rings is 1. The Morgan fingerprint density at radius 2 is 2.00 bits per heavy atom. The maximum atomic E-state index is 13.4. The summed E-state index contributed by atoms with van der Waals surface area (Å²) in [5, 5.41) is 5.88. The predicted molar refractivity (Wildman–Crippen MR) is 120 cm³/mol. The Balaban J connectivity index is 1.56. The normalized spacial score (nSPS) is 13.2. The van der Waals surface area contributed by atoms with Crippen LogP contribution in [0.3, 0.4) is 0 Å². The third-order valence-electron chi connectivity index (χ3n) is 4.68. The van der Waals surface area contributed by atoms with Gasteiger partial charge in [-0.25, -0.2) is 13.8 Å². The van der Waals surface area contributed by atoms with Gasteiger partial charge >= 0.3 is 0 Å². The van der Waals surface area contributed by atoms with Gasteiger partial charge in [-0.05, 0) is 20.2 Å². The van der Waals surface area contributed by atoms with Crippen LogP contribution < -0.4 is 10.1 Å². The fourth-order valence-electron chi connectivity index (χ4n) is 3.17. The maximum absolute atomic E-state index is 13.4. The van der Waals surface area contributed by atoms with Crippen molar-refractivity contribution in [1.29, 1.82) is 0 Å². The van der Waals surface area contributed by atoms with Crippen molar-refractivity contribution in [2.45, 2.75) is 6.42 Å². The van der Waals surface area contributed by atoms with Crippen LogP contribution in [0, 0.1) is 11.6 Å². The van der Waals surface area contributed by atoms with Gasteiger partial charge in [0.15, 0.2) is 10.9 Å². The molecule has 0 saturated carbocycles. The van der Waals surface area contributed by atoms with Crippen molar-refractivity contribution in [3.8, 4) is 17.1 Å². The van der Waals surface area contributed by atoms with E-state index in [2.05, 4.69) is 25.2 Å². The van der Waals surface area contributed by atoms with Crippen LogP contribution in [-0.4, -0.2) is 60.2 Å². The molecular weight excluding hydrogens is 436 g/mol. The molecule has 10 heteroatoms. The van der Waals surface area contributed by atoms with Crippen molar-refractivity contribution in [3.05, 3.63) is 53.0 Å². The fourth-order valence-corrected chi connectivity index (χ4v) is 3.89. The average Bonchev–Trinajstić information content (AvgIpc) is 3.20. The third-order valence-corrected chi connectivity index (χ3v) is 5.48. The van der Waals surface area contributed by atoms with Gasteiger partial charge in [-0.2, -0.15) is 0 Å². The Bertz CT molecular complexity index is 1160. The lowest BCUT2D eigenvalue weighted by Gasteiger charge is -2.17. The second-order valence-electron chi connectivity index (χ2n) is 7.50. The highest BCUT2D eigenvalue weighted by molar-refractivity contribution is 7.14. The summed E-state index contributed by atoms with van der Waals surface area (Å²) in [5.74, 6) is -1.57. The molecule has 3 heterocycles. The van der Waals surface area contributed by atoms with E-state index in [1.165, 1.54) is 11.3 Å². The third kappa shape index (κ3) is 5.14. The van der Waals surface area contributed by atoms with E-state index in [9.17, 15) is 13.6 Å². The zero-order valence-corrected chi connectivity index (χ0v) is 18.4. The minimum atomic E-state index is -0.739. The highest BCUT2D eigenvalue weighted by Crippen LogP contribution is 2.36. The SMILES string of the molecule is CN(C)CCNc1nc(-c2nccc3c2N=C(COc2cc(F)cc(F)c2)CC3=O)cs1. The smallest absolute Gasteiger partial charge is 0.183 e. The van der Waals surface area contributed by atoms with Gasteiger partial charge in [-0.15, -0.1) is 11.3 Å². The van der Waals surface area contributed by atoms with E-state index in [0.29, 0.717) is 28.4 Å². The Morgan fingerprint density at radius 3 is 2.75 bits per heavy atom. The lowest BCUT2D eigenvalue weighted by molar-refractivity contribution is 0.0998. The lowest BCUT2D eigenvalue weighted by atomic mass is 9.99. The van der Waals surface area contributed by atoms with Crippen LogP contribution in [0.2, 0.25) is 0 Å². The van der Waals surface area contributed by atoms with Crippen molar-refractivity contribution in [1.82, 2.24) is 14.9 Å². The van der Waals surface area contributed by atoms with Crippen molar-refractivity contribution in [2.75, 3.05) is 39.1 Å². The minimum absolute atomic E-state index is 0.0304. The lowest BCUT2D eigenvalue weighted by Crippen LogP contribution is -2.20. The van der Waals surface area contributed by atoms with Crippen LogP contribution in [0.4, 0.5) is 19.6 Å². The highest BCUT2D eigenvalue weighted by atomic mass is 32.1. The zero-order chi connectivity index (χ0) is 22.7. The molecule has 0 atom stereocenters. The van der Waals surface area contributed by atoms with E-state index in [4.69, 9.17) is 4.74 Å². The number of likely N-dealkylation sites (N-methyl/N-ethyl adjacent to an activating group) is 1. The molecule has 0 unspecified atom stereocenters. The standard InChI is InChI=1S/C22H21F2N5O2S/c1-29(2)6-5-26-22-28-18(12-32-22)21-20-17(3-4-25-21)19(30)10-15(27-20)11-31-16-8-13(23)7-14(24)9-16/h3-4,7-9,12H,5-6,10-11H2,1-2H3,(H,26,28). The number of aliphatic imine (C=N–C) groups is 1. The second kappa shape index (κ2) is 9.49. The number of nitrogens with one attached hydrogen (secondary N) is 1. The van der Waals surface area contributed by atoms with E-state index in [-0.39, 0.29) is 24.6 Å². The van der Waals surface area contributed by atoms with E-state index >= 15 is 0 Å². The first-order valence-electron chi connectivity index (χ1n) is 9.91. The van der Waals surface area contributed by atoms with Crippen LogP contribution in [-0.2, 0) is 0 Å². The van der Waals surface area contributed by atoms with Gasteiger partial charge in [0.1, 0.15) is 41.1 Å². The highest BCUT2D eigenvalue weighted by Gasteiger charge is 2.25. The molecule has 1 aromatic carbocycles.